The zero-order valence-corrected chi connectivity index (χ0v) is 14.3. The van der Waals surface area contributed by atoms with Crippen LogP contribution in [0, 0.1) is 6.92 Å². The summed E-state index contributed by atoms with van der Waals surface area (Å²) < 4.78 is 31.2. The highest BCUT2D eigenvalue weighted by Gasteiger charge is 2.27. The van der Waals surface area contributed by atoms with Gasteiger partial charge in [0.2, 0.25) is 10.0 Å². The average Bonchev–Trinajstić information content (AvgIpc) is 3.06. The molecule has 7 heteroatoms. The van der Waals surface area contributed by atoms with Gasteiger partial charge >= 0.3 is 0 Å². The van der Waals surface area contributed by atoms with Gasteiger partial charge in [-0.05, 0) is 49.6 Å². The highest BCUT2D eigenvalue weighted by atomic mass is 32.2. The number of furan rings is 1. The number of aryl methyl sites for hydroxylation is 1. The van der Waals surface area contributed by atoms with Crippen LogP contribution in [0.25, 0.3) is 0 Å². The fraction of sp³-hybridized carbons (Fsp3) is 0.353. The fourth-order valence-corrected chi connectivity index (χ4v) is 4.45. The Morgan fingerprint density at radius 2 is 2.12 bits per heavy atom. The lowest BCUT2D eigenvalue weighted by atomic mass is 10.1. The molecule has 24 heavy (non-hydrogen) atoms. The molecule has 0 aliphatic carbocycles. The minimum atomic E-state index is -3.30. The van der Waals surface area contributed by atoms with E-state index in [0.29, 0.717) is 30.0 Å². The van der Waals surface area contributed by atoms with E-state index in [1.165, 1.54) is 4.31 Å². The molecule has 1 aromatic heterocycles. The Hall–Kier alpha value is -2.28. The summed E-state index contributed by atoms with van der Waals surface area (Å²) in [4.78, 5) is 12.3. The molecule has 3 rings (SSSR count). The van der Waals surface area contributed by atoms with Gasteiger partial charge < -0.3 is 9.73 Å². The number of sulfonamides is 1. The Labute approximate surface area is 141 Å². The van der Waals surface area contributed by atoms with E-state index >= 15 is 0 Å². The Balaban J connectivity index is 1.81. The minimum absolute atomic E-state index is 0.154. The number of amides is 1. The molecular formula is C17H20N2O4S. The van der Waals surface area contributed by atoms with Gasteiger partial charge in [-0.2, -0.15) is 0 Å². The number of carbonyl (C=O) groups is 1. The smallest absolute Gasteiger partial charge is 0.251 e. The van der Waals surface area contributed by atoms with Gasteiger partial charge in [-0.25, -0.2) is 8.42 Å². The molecule has 0 saturated carbocycles. The lowest BCUT2D eigenvalue weighted by molar-refractivity contribution is 0.0948. The number of nitrogens with one attached hydrogen (secondary N) is 1. The first-order chi connectivity index (χ1) is 11.5. The maximum absolute atomic E-state index is 12.3. The Kier molecular flexibility index (Phi) is 4.62. The van der Waals surface area contributed by atoms with Crippen LogP contribution in [0.4, 0.5) is 5.69 Å². The summed E-state index contributed by atoms with van der Waals surface area (Å²) in [6.07, 6.45) is 3.06. The van der Waals surface area contributed by atoms with Crippen molar-refractivity contribution in [3.05, 3.63) is 53.5 Å². The molecule has 2 aromatic rings. The summed E-state index contributed by atoms with van der Waals surface area (Å²) >= 11 is 0. The molecule has 1 aliphatic heterocycles. The molecule has 1 aromatic carbocycles. The van der Waals surface area contributed by atoms with Gasteiger partial charge in [0, 0.05) is 12.1 Å². The quantitative estimate of drug-likeness (QED) is 0.920. The first-order valence-corrected chi connectivity index (χ1v) is 9.50. The number of hydrogen-bond acceptors (Lipinski definition) is 4. The molecule has 0 unspecified atom stereocenters. The van der Waals surface area contributed by atoms with Crippen molar-refractivity contribution < 1.29 is 17.6 Å². The normalized spacial score (nSPS) is 16.8. The molecule has 1 fully saturated rings. The van der Waals surface area contributed by atoms with Gasteiger partial charge in [-0.3, -0.25) is 9.10 Å². The molecule has 0 radical (unpaired) electrons. The van der Waals surface area contributed by atoms with Gasteiger partial charge in [0.05, 0.1) is 24.2 Å². The maximum atomic E-state index is 12.3. The number of hydrogen-bond donors (Lipinski definition) is 1. The van der Waals surface area contributed by atoms with Crippen molar-refractivity contribution in [3.8, 4) is 0 Å². The lowest BCUT2D eigenvalue weighted by Gasteiger charge is -2.29. The predicted octanol–water partition coefficient (Wildman–Crippen LogP) is 2.45. The Bertz CT molecular complexity index is 828. The van der Waals surface area contributed by atoms with Gasteiger partial charge in [-0.1, -0.05) is 6.07 Å². The molecule has 1 saturated heterocycles. The van der Waals surface area contributed by atoms with E-state index in [9.17, 15) is 13.2 Å². The molecule has 0 bridgehead atoms. The molecule has 1 N–H and O–H groups in total. The second kappa shape index (κ2) is 6.68. The van der Waals surface area contributed by atoms with E-state index < -0.39 is 10.0 Å². The standard InChI is InChI=1S/C17H20N2O4S/c1-13-6-7-14(17(20)18-12-15-5-4-9-23-15)11-16(13)19-8-2-3-10-24(19,21)22/h4-7,9,11H,2-3,8,10,12H2,1H3,(H,18,20). The van der Waals surface area contributed by atoms with Crippen LogP contribution in [0.1, 0.15) is 34.5 Å². The van der Waals surface area contributed by atoms with Gasteiger partial charge in [0.25, 0.3) is 5.91 Å². The summed E-state index contributed by atoms with van der Waals surface area (Å²) in [6.45, 7) is 2.60. The van der Waals surface area contributed by atoms with E-state index in [-0.39, 0.29) is 18.2 Å². The highest BCUT2D eigenvalue weighted by molar-refractivity contribution is 7.92. The molecule has 6 nitrogen and oxygen atoms in total. The molecule has 0 atom stereocenters. The van der Waals surface area contributed by atoms with Crippen LogP contribution in [0.2, 0.25) is 0 Å². The number of rotatable bonds is 4. The summed E-state index contributed by atoms with van der Waals surface area (Å²) in [5.74, 6) is 0.554. The topological polar surface area (TPSA) is 79.6 Å². The second-order valence-corrected chi connectivity index (χ2v) is 7.87. The average molecular weight is 348 g/mol. The molecular weight excluding hydrogens is 328 g/mol. The van der Waals surface area contributed by atoms with Crippen LogP contribution in [-0.2, 0) is 16.6 Å². The third kappa shape index (κ3) is 3.46. The highest BCUT2D eigenvalue weighted by Crippen LogP contribution is 2.28. The first kappa shape index (κ1) is 16.6. The molecule has 0 spiro atoms. The lowest BCUT2D eigenvalue weighted by Crippen LogP contribution is -2.38. The summed E-state index contributed by atoms with van der Waals surface area (Å²) in [5, 5.41) is 2.77. The SMILES string of the molecule is Cc1ccc(C(=O)NCc2ccco2)cc1N1CCCCS1(=O)=O. The number of benzene rings is 1. The molecule has 2 heterocycles. The molecule has 128 valence electrons. The number of carbonyl (C=O) groups excluding carboxylic acids is 1. The third-order valence-electron chi connectivity index (χ3n) is 4.09. The van der Waals surface area contributed by atoms with Crippen LogP contribution in [0.3, 0.4) is 0 Å². The fourth-order valence-electron chi connectivity index (χ4n) is 2.76. The maximum Gasteiger partial charge on any atom is 0.251 e. The monoisotopic (exact) mass is 348 g/mol. The van der Waals surface area contributed by atoms with Crippen LogP contribution in [0.5, 0.6) is 0 Å². The van der Waals surface area contributed by atoms with Gasteiger partial charge in [-0.15, -0.1) is 0 Å². The first-order valence-electron chi connectivity index (χ1n) is 7.89. The van der Waals surface area contributed by atoms with Crippen LogP contribution < -0.4 is 9.62 Å². The van der Waals surface area contributed by atoms with E-state index in [1.54, 1.807) is 36.6 Å². The Morgan fingerprint density at radius 3 is 2.83 bits per heavy atom. The third-order valence-corrected chi connectivity index (χ3v) is 5.95. The van der Waals surface area contributed by atoms with Crippen molar-refractivity contribution in [2.24, 2.45) is 0 Å². The van der Waals surface area contributed by atoms with Gasteiger partial charge in [0.1, 0.15) is 5.76 Å². The zero-order chi connectivity index (χ0) is 17.2. The van der Waals surface area contributed by atoms with E-state index in [4.69, 9.17) is 4.42 Å². The van der Waals surface area contributed by atoms with E-state index in [1.807, 2.05) is 6.92 Å². The summed E-state index contributed by atoms with van der Waals surface area (Å²) in [7, 11) is -3.30. The van der Waals surface area contributed by atoms with Crippen molar-refractivity contribution in [3.63, 3.8) is 0 Å². The van der Waals surface area contributed by atoms with Crippen molar-refractivity contribution in [1.29, 1.82) is 0 Å². The van der Waals surface area contributed by atoms with Gasteiger partial charge in [0.15, 0.2) is 0 Å². The zero-order valence-electron chi connectivity index (χ0n) is 13.5. The predicted molar refractivity (Wildman–Crippen MR) is 91.4 cm³/mol. The van der Waals surface area contributed by atoms with Crippen LogP contribution in [-0.4, -0.2) is 26.6 Å². The van der Waals surface area contributed by atoms with Crippen molar-refractivity contribution >= 4 is 21.6 Å². The minimum Gasteiger partial charge on any atom is -0.467 e. The van der Waals surface area contributed by atoms with E-state index in [2.05, 4.69) is 5.32 Å². The second-order valence-electron chi connectivity index (χ2n) is 5.86. The van der Waals surface area contributed by atoms with E-state index in [0.717, 1.165) is 12.0 Å². The van der Waals surface area contributed by atoms with Crippen LogP contribution >= 0.6 is 0 Å². The molecule has 1 aliphatic rings. The van der Waals surface area contributed by atoms with Crippen molar-refractivity contribution in [1.82, 2.24) is 5.32 Å². The summed E-state index contributed by atoms with van der Waals surface area (Å²) in [6, 6.07) is 8.66. The Morgan fingerprint density at radius 1 is 1.29 bits per heavy atom. The van der Waals surface area contributed by atoms with Crippen LogP contribution in [0.15, 0.2) is 41.0 Å². The molecule has 1 amide bonds. The van der Waals surface area contributed by atoms with Crippen molar-refractivity contribution in [2.45, 2.75) is 26.3 Å². The van der Waals surface area contributed by atoms with Crippen molar-refractivity contribution in [2.75, 3.05) is 16.6 Å². The largest absolute Gasteiger partial charge is 0.467 e. The summed E-state index contributed by atoms with van der Waals surface area (Å²) in [5.41, 5.74) is 1.85. The number of anilines is 1. The number of nitrogens with zero attached hydrogens (tertiary/aromatic N) is 1.